The molecule has 5 heterocycles. The Morgan fingerprint density at radius 2 is 1.81 bits per heavy atom. The van der Waals surface area contributed by atoms with E-state index in [1.807, 2.05) is 35.8 Å². The summed E-state index contributed by atoms with van der Waals surface area (Å²) in [5.41, 5.74) is 12.5. The molecule has 0 amide bonds. The number of anilines is 1. The molecule has 1 aliphatic heterocycles. The zero-order valence-electron chi connectivity index (χ0n) is 20.0. The van der Waals surface area contributed by atoms with E-state index in [1.54, 1.807) is 30.6 Å². The average molecular weight is 480 g/mol. The highest BCUT2D eigenvalue weighted by atomic mass is 19.1. The minimum atomic E-state index is -0.307. The van der Waals surface area contributed by atoms with Crippen LogP contribution in [0.25, 0.3) is 27.7 Å². The van der Waals surface area contributed by atoms with Gasteiger partial charge in [-0.15, -0.1) is 0 Å². The highest BCUT2D eigenvalue weighted by Gasteiger charge is 2.46. The zero-order valence-corrected chi connectivity index (χ0v) is 20.0. The van der Waals surface area contributed by atoms with Crippen molar-refractivity contribution < 1.29 is 4.39 Å². The van der Waals surface area contributed by atoms with E-state index in [0.717, 1.165) is 55.1 Å². The van der Waals surface area contributed by atoms with E-state index in [4.69, 9.17) is 10.7 Å². The molecule has 1 spiro atoms. The molecule has 1 atom stereocenters. The summed E-state index contributed by atoms with van der Waals surface area (Å²) in [6.45, 7) is 3.63. The topological polar surface area (TPSA) is 85.2 Å². The van der Waals surface area contributed by atoms with Crippen molar-refractivity contribution in [3.8, 4) is 11.3 Å². The molecule has 8 heteroatoms. The molecule has 0 unspecified atom stereocenters. The van der Waals surface area contributed by atoms with Gasteiger partial charge in [0, 0.05) is 48.2 Å². The summed E-state index contributed by atoms with van der Waals surface area (Å²) in [6.07, 6.45) is 8.16. The van der Waals surface area contributed by atoms with Crippen molar-refractivity contribution in [2.45, 2.75) is 32.2 Å². The largest absolute Gasteiger partial charge is 0.355 e. The summed E-state index contributed by atoms with van der Waals surface area (Å²) in [7, 11) is 0. The Bertz CT molecular complexity index is 1630. The molecule has 2 N–H and O–H groups in total. The van der Waals surface area contributed by atoms with Crippen molar-refractivity contribution in [2.24, 2.45) is 11.1 Å². The second-order valence-electron chi connectivity index (χ2n) is 10.0. The number of pyridine rings is 2. The Labute approximate surface area is 207 Å². The normalized spacial score (nSPS) is 18.9. The highest BCUT2D eigenvalue weighted by Crippen LogP contribution is 2.50. The molecule has 5 aromatic rings. The molecule has 1 aromatic carbocycles. The van der Waals surface area contributed by atoms with Crippen molar-refractivity contribution in [2.75, 3.05) is 18.0 Å². The molecule has 1 saturated heterocycles. The SMILES string of the molecule is Cc1nc(N2CCC3(CC2)Cc2ncccc2[C@H]3N)c2ccnn2c1-c1ccc2ncccc2c1F. The van der Waals surface area contributed by atoms with Gasteiger partial charge in [-0.05, 0) is 73.6 Å². The van der Waals surface area contributed by atoms with Gasteiger partial charge in [0.25, 0.3) is 0 Å². The smallest absolute Gasteiger partial charge is 0.155 e. The lowest BCUT2D eigenvalue weighted by Crippen LogP contribution is -2.44. The van der Waals surface area contributed by atoms with Crippen molar-refractivity contribution in [3.05, 3.63) is 83.8 Å². The summed E-state index contributed by atoms with van der Waals surface area (Å²) >= 11 is 0. The molecule has 2 aliphatic rings. The van der Waals surface area contributed by atoms with Crippen molar-refractivity contribution in [1.82, 2.24) is 24.6 Å². The monoisotopic (exact) mass is 479 g/mol. The van der Waals surface area contributed by atoms with Crippen LogP contribution in [-0.4, -0.2) is 37.7 Å². The lowest BCUT2D eigenvalue weighted by molar-refractivity contribution is 0.187. The first-order valence-corrected chi connectivity index (χ1v) is 12.4. The first-order chi connectivity index (χ1) is 17.6. The first kappa shape index (κ1) is 21.4. The van der Waals surface area contributed by atoms with Gasteiger partial charge < -0.3 is 10.6 Å². The number of rotatable bonds is 2. The van der Waals surface area contributed by atoms with Crippen molar-refractivity contribution in [3.63, 3.8) is 0 Å². The maximum absolute atomic E-state index is 15.6. The summed E-state index contributed by atoms with van der Waals surface area (Å²) in [4.78, 5) is 16.2. The van der Waals surface area contributed by atoms with E-state index in [9.17, 15) is 0 Å². The maximum Gasteiger partial charge on any atom is 0.155 e. The number of piperidine rings is 1. The van der Waals surface area contributed by atoms with Gasteiger partial charge >= 0.3 is 0 Å². The molecule has 7 rings (SSSR count). The molecular weight excluding hydrogens is 453 g/mol. The van der Waals surface area contributed by atoms with Gasteiger partial charge in [-0.1, -0.05) is 6.07 Å². The van der Waals surface area contributed by atoms with Crippen LogP contribution < -0.4 is 10.6 Å². The molecule has 0 radical (unpaired) electrons. The van der Waals surface area contributed by atoms with Gasteiger partial charge in [0.05, 0.1) is 23.1 Å². The number of halogens is 1. The first-order valence-electron chi connectivity index (χ1n) is 12.4. The molecule has 0 bridgehead atoms. The molecular formula is C28H26FN7. The third-order valence-electron chi connectivity index (χ3n) is 8.17. The molecule has 7 nitrogen and oxygen atoms in total. The second kappa shape index (κ2) is 7.80. The van der Waals surface area contributed by atoms with E-state index in [0.29, 0.717) is 22.2 Å². The fraction of sp³-hybridized carbons (Fsp3) is 0.286. The molecule has 4 aromatic heterocycles. The highest BCUT2D eigenvalue weighted by molar-refractivity contribution is 5.86. The Kier molecular flexibility index (Phi) is 4.63. The maximum atomic E-state index is 15.6. The number of nitrogens with zero attached hydrogens (tertiary/aromatic N) is 6. The summed E-state index contributed by atoms with van der Waals surface area (Å²) in [6, 6.07) is 13.2. The molecule has 1 fully saturated rings. The van der Waals surface area contributed by atoms with Crippen molar-refractivity contribution >= 4 is 22.2 Å². The third kappa shape index (κ3) is 3.00. The predicted molar refractivity (Wildman–Crippen MR) is 137 cm³/mol. The quantitative estimate of drug-likeness (QED) is 0.397. The van der Waals surface area contributed by atoms with Gasteiger partial charge in [-0.25, -0.2) is 13.9 Å². The minimum Gasteiger partial charge on any atom is -0.355 e. The summed E-state index contributed by atoms with van der Waals surface area (Å²) in [5.74, 6) is 0.576. The summed E-state index contributed by atoms with van der Waals surface area (Å²) < 4.78 is 17.4. The Hall–Kier alpha value is -3.91. The fourth-order valence-electron chi connectivity index (χ4n) is 6.22. The van der Waals surface area contributed by atoms with Crippen LogP contribution in [0.2, 0.25) is 0 Å². The van der Waals surface area contributed by atoms with Crippen LogP contribution in [-0.2, 0) is 6.42 Å². The third-order valence-corrected chi connectivity index (χ3v) is 8.17. The second-order valence-corrected chi connectivity index (χ2v) is 10.0. The Balaban J connectivity index is 1.25. The van der Waals surface area contributed by atoms with E-state index in [1.165, 1.54) is 5.56 Å². The minimum absolute atomic E-state index is 0.0146. The van der Waals surface area contributed by atoms with Crippen LogP contribution in [0.3, 0.4) is 0 Å². The van der Waals surface area contributed by atoms with Gasteiger partial charge in [0.15, 0.2) is 5.82 Å². The van der Waals surface area contributed by atoms with E-state index >= 15 is 4.39 Å². The number of aryl methyl sites for hydroxylation is 1. The molecule has 36 heavy (non-hydrogen) atoms. The van der Waals surface area contributed by atoms with Gasteiger partial charge in [-0.2, -0.15) is 5.10 Å². The van der Waals surface area contributed by atoms with Crippen LogP contribution in [0.1, 0.15) is 35.8 Å². The number of hydrogen-bond donors (Lipinski definition) is 1. The number of nitrogens with two attached hydrogens (primary N) is 1. The van der Waals surface area contributed by atoms with Crippen molar-refractivity contribution in [1.29, 1.82) is 0 Å². The van der Waals surface area contributed by atoms with Gasteiger partial charge in [0.2, 0.25) is 0 Å². The van der Waals surface area contributed by atoms with Crippen LogP contribution in [0.4, 0.5) is 10.2 Å². The Morgan fingerprint density at radius 3 is 2.64 bits per heavy atom. The molecule has 180 valence electrons. The van der Waals surface area contributed by atoms with E-state index in [2.05, 4.69) is 26.0 Å². The van der Waals surface area contributed by atoms with Crippen LogP contribution in [0.5, 0.6) is 0 Å². The van der Waals surface area contributed by atoms with Gasteiger partial charge in [-0.3, -0.25) is 9.97 Å². The number of hydrogen-bond acceptors (Lipinski definition) is 6. The molecule has 0 saturated carbocycles. The predicted octanol–water partition coefficient (Wildman–Crippen LogP) is 4.63. The fourth-order valence-corrected chi connectivity index (χ4v) is 6.22. The standard InChI is InChI=1S/C28H26FN7/c1-17-25(20-6-7-21-18(24(20)29)4-2-11-31-21)36-23(8-13-33-36)27(34-17)35-14-9-28(10-15-35)16-22-19(26(28)30)5-3-12-32-22/h2-8,11-13,26H,9-10,14-16,30H2,1H3/t26-/m1/s1. The van der Waals surface area contributed by atoms with Gasteiger partial charge in [0.1, 0.15) is 11.3 Å². The number of benzene rings is 1. The number of fused-ring (bicyclic) bond motifs is 3. The van der Waals surface area contributed by atoms with E-state index < -0.39 is 0 Å². The summed E-state index contributed by atoms with van der Waals surface area (Å²) in [5, 5.41) is 5.07. The lowest BCUT2D eigenvalue weighted by Gasteiger charge is -2.42. The Morgan fingerprint density at radius 1 is 1.00 bits per heavy atom. The molecule has 1 aliphatic carbocycles. The average Bonchev–Trinajstić information content (AvgIpc) is 3.49. The van der Waals surface area contributed by atoms with E-state index in [-0.39, 0.29) is 17.3 Å². The van der Waals surface area contributed by atoms with Crippen LogP contribution >= 0.6 is 0 Å². The van der Waals surface area contributed by atoms with Crippen LogP contribution in [0.15, 0.2) is 61.1 Å². The van der Waals surface area contributed by atoms with Crippen LogP contribution in [0, 0.1) is 18.2 Å². The zero-order chi connectivity index (χ0) is 24.4. The number of aromatic nitrogens is 5. The lowest BCUT2D eigenvalue weighted by atomic mass is 9.73.